The number of anilines is 1. The van der Waals surface area contributed by atoms with E-state index in [9.17, 15) is 13.6 Å². The molecule has 1 amide bonds. The first kappa shape index (κ1) is 14.5. The topological polar surface area (TPSA) is 55.1 Å². The Morgan fingerprint density at radius 2 is 2.00 bits per heavy atom. The maximum atomic E-state index is 13.2. The smallest absolute Gasteiger partial charge is 0.252 e. The van der Waals surface area contributed by atoms with Gasteiger partial charge in [-0.2, -0.15) is 0 Å². The molecular weight excluding hydrogens is 330 g/mol. The van der Waals surface area contributed by atoms with E-state index in [-0.39, 0.29) is 23.6 Å². The van der Waals surface area contributed by atoms with Crippen LogP contribution in [0.3, 0.4) is 0 Å². The van der Waals surface area contributed by atoms with Gasteiger partial charge >= 0.3 is 0 Å². The van der Waals surface area contributed by atoms with Gasteiger partial charge in [0.15, 0.2) is 0 Å². The van der Waals surface area contributed by atoms with Crippen LogP contribution >= 0.6 is 15.9 Å². The molecule has 6 heteroatoms. The van der Waals surface area contributed by atoms with Crippen LogP contribution in [0.15, 0.2) is 40.9 Å². The zero-order valence-electron chi connectivity index (χ0n) is 10.3. The molecule has 2 aromatic carbocycles. The molecule has 0 aliphatic rings. The van der Waals surface area contributed by atoms with Crippen molar-refractivity contribution >= 4 is 27.5 Å². The molecular formula is C14H11BrF2N2O. The first-order valence-corrected chi connectivity index (χ1v) is 6.54. The highest BCUT2D eigenvalue weighted by atomic mass is 79.9. The Bertz CT molecular complexity index is 662. The standard InChI is InChI=1S/C14H11BrF2N2O/c15-11-6-12(17)13(18)5-10(11)14(20)19-7-8-2-1-3-9(16)4-8/h1-6H,7,18H2,(H,19,20). The lowest BCUT2D eigenvalue weighted by Crippen LogP contribution is -2.23. The maximum absolute atomic E-state index is 13.2. The molecule has 2 aromatic rings. The Hall–Kier alpha value is -1.95. The minimum absolute atomic E-state index is 0.107. The highest BCUT2D eigenvalue weighted by Gasteiger charge is 2.13. The van der Waals surface area contributed by atoms with Crippen LogP contribution in [-0.4, -0.2) is 5.91 Å². The van der Waals surface area contributed by atoms with E-state index in [0.717, 1.165) is 6.07 Å². The molecule has 2 rings (SSSR count). The van der Waals surface area contributed by atoms with E-state index in [1.54, 1.807) is 12.1 Å². The number of hydrogen-bond acceptors (Lipinski definition) is 2. The molecule has 0 saturated carbocycles. The van der Waals surface area contributed by atoms with Crippen molar-refractivity contribution in [2.24, 2.45) is 0 Å². The maximum Gasteiger partial charge on any atom is 0.252 e. The first-order chi connectivity index (χ1) is 9.47. The lowest BCUT2D eigenvalue weighted by Gasteiger charge is -2.08. The van der Waals surface area contributed by atoms with Gasteiger partial charge in [-0.1, -0.05) is 12.1 Å². The number of rotatable bonds is 3. The van der Waals surface area contributed by atoms with Crippen LogP contribution < -0.4 is 11.1 Å². The van der Waals surface area contributed by atoms with Gasteiger partial charge < -0.3 is 11.1 Å². The molecule has 0 heterocycles. The van der Waals surface area contributed by atoms with Crippen molar-refractivity contribution in [3.63, 3.8) is 0 Å². The Kier molecular flexibility index (Phi) is 4.34. The van der Waals surface area contributed by atoms with Gasteiger partial charge in [0.1, 0.15) is 11.6 Å². The summed E-state index contributed by atoms with van der Waals surface area (Å²) in [5.41, 5.74) is 6.17. The Balaban J connectivity index is 2.11. The number of nitrogen functional groups attached to an aromatic ring is 1. The summed E-state index contributed by atoms with van der Waals surface area (Å²) in [6, 6.07) is 8.28. The highest BCUT2D eigenvalue weighted by molar-refractivity contribution is 9.10. The van der Waals surface area contributed by atoms with Crippen molar-refractivity contribution in [1.29, 1.82) is 0 Å². The Labute approximate surface area is 122 Å². The Morgan fingerprint density at radius 3 is 2.70 bits per heavy atom. The third-order valence-electron chi connectivity index (χ3n) is 2.67. The van der Waals surface area contributed by atoms with Gasteiger partial charge in [0.25, 0.3) is 5.91 Å². The first-order valence-electron chi connectivity index (χ1n) is 5.74. The van der Waals surface area contributed by atoms with Crippen molar-refractivity contribution < 1.29 is 13.6 Å². The molecule has 104 valence electrons. The second kappa shape index (κ2) is 6.00. The number of nitrogens with two attached hydrogens (primary N) is 1. The molecule has 3 nitrogen and oxygen atoms in total. The zero-order chi connectivity index (χ0) is 14.7. The molecule has 0 saturated heterocycles. The fraction of sp³-hybridized carbons (Fsp3) is 0.0714. The van der Waals surface area contributed by atoms with Crippen LogP contribution in [0, 0.1) is 11.6 Å². The summed E-state index contributed by atoms with van der Waals surface area (Å²) >= 11 is 3.10. The summed E-state index contributed by atoms with van der Waals surface area (Å²) in [6.45, 7) is 0.167. The minimum atomic E-state index is -0.599. The molecule has 20 heavy (non-hydrogen) atoms. The summed E-state index contributed by atoms with van der Waals surface area (Å²) in [5, 5.41) is 2.62. The summed E-state index contributed by atoms with van der Waals surface area (Å²) in [5.74, 6) is -1.39. The average molecular weight is 341 g/mol. The van der Waals surface area contributed by atoms with E-state index in [1.165, 1.54) is 18.2 Å². The quantitative estimate of drug-likeness (QED) is 0.842. The van der Waals surface area contributed by atoms with E-state index in [1.807, 2.05) is 0 Å². The van der Waals surface area contributed by atoms with Gasteiger partial charge in [-0.05, 0) is 45.8 Å². The molecule has 0 radical (unpaired) electrons. The molecule has 0 unspecified atom stereocenters. The van der Waals surface area contributed by atoms with Gasteiger partial charge in [0, 0.05) is 11.0 Å². The predicted octanol–water partition coefficient (Wildman–Crippen LogP) is 3.24. The molecule has 0 atom stereocenters. The lowest BCUT2D eigenvalue weighted by atomic mass is 10.1. The van der Waals surface area contributed by atoms with Crippen LogP contribution in [0.1, 0.15) is 15.9 Å². The van der Waals surface area contributed by atoms with Crippen molar-refractivity contribution in [3.8, 4) is 0 Å². The Morgan fingerprint density at radius 1 is 1.25 bits per heavy atom. The summed E-state index contributed by atoms with van der Waals surface area (Å²) < 4.78 is 26.5. The van der Waals surface area contributed by atoms with E-state index in [4.69, 9.17) is 5.73 Å². The number of carbonyl (C=O) groups excluding carboxylic acids is 1. The van der Waals surface area contributed by atoms with Gasteiger partial charge in [-0.15, -0.1) is 0 Å². The van der Waals surface area contributed by atoms with Crippen molar-refractivity contribution in [2.45, 2.75) is 6.54 Å². The lowest BCUT2D eigenvalue weighted by molar-refractivity contribution is 0.0950. The van der Waals surface area contributed by atoms with Crippen LogP contribution in [-0.2, 0) is 6.54 Å². The number of halogens is 3. The third kappa shape index (κ3) is 3.33. The van der Waals surface area contributed by atoms with Crippen LogP contribution in [0.4, 0.5) is 14.5 Å². The molecule has 0 aliphatic carbocycles. The van der Waals surface area contributed by atoms with Gasteiger partial charge in [-0.25, -0.2) is 8.78 Å². The molecule has 0 bridgehead atoms. The van der Waals surface area contributed by atoms with E-state index < -0.39 is 11.7 Å². The number of hydrogen-bond donors (Lipinski definition) is 2. The SMILES string of the molecule is Nc1cc(C(=O)NCc2cccc(F)c2)c(Br)cc1F. The van der Waals surface area contributed by atoms with Gasteiger partial charge in [-0.3, -0.25) is 4.79 Å². The zero-order valence-corrected chi connectivity index (χ0v) is 11.9. The van der Waals surface area contributed by atoms with Crippen LogP contribution in [0.25, 0.3) is 0 Å². The predicted molar refractivity (Wildman–Crippen MR) is 76.1 cm³/mol. The summed E-state index contributed by atoms with van der Waals surface area (Å²) in [4.78, 5) is 12.0. The number of benzene rings is 2. The molecule has 0 fully saturated rings. The number of amides is 1. The summed E-state index contributed by atoms with van der Waals surface area (Å²) in [6.07, 6.45) is 0. The van der Waals surface area contributed by atoms with Crippen molar-refractivity contribution in [1.82, 2.24) is 5.32 Å². The minimum Gasteiger partial charge on any atom is -0.396 e. The van der Waals surface area contributed by atoms with Crippen molar-refractivity contribution in [3.05, 3.63) is 63.6 Å². The van der Waals surface area contributed by atoms with E-state index in [2.05, 4.69) is 21.2 Å². The number of nitrogens with one attached hydrogen (secondary N) is 1. The van der Waals surface area contributed by atoms with Gasteiger partial charge in [0.05, 0.1) is 11.3 Å². The van der Waals surface area contributed by atoms with E-state index >= 15 is 0 Å². The van der Waals surface area contributed by atoms with Crippen LogP contribution in [0.5, 0.6) is 0 Å². The van der Waals surface area contributed by atoms with E-state index in [0.29, 0.717) is 10.0 Å². The fourth-order valence-electron chi connectivity index (χ4n) is 1.66. The molecule has 3 N–H and O–H groups in total. The normalized spacial score (nSPS) is 10.3. The molecule has 0 aromatic heterocycles. The van der Waals surface area contributed by atoms with Crippen LogP contribution in [0.2, 0.25) is 0 Å². The summed E-state index contributed by atoms with van der Waals surface area (Å²) in [7, 11) is 0. The fourth-order valence-corrected chi connectivity index (χ4v) is 2.16. The largest absolute Gasteiger partial charge is 0.396 e. The molecule has 0 aliphatic heterocycles. The monoisotopic (exact) mass is 340 g/mol. The molecule has 0 spiro atoms. The second-order valence-electron chi connectivity index (χ2n) is 4.17. The van der Waals surface area contributed by atoms with Crippen molar-refractivity contribution in [2.75, 3.05) is 5.73 Å². The average Bonchev–Trinajstić information content (AvgIpc) is 2.40. The van der Waals surface area contributed by atoms with Gasteiger partial charge in [0.2, 0.25) is 0 Å². The third-order valence-corrected chi connectivity index (χ3v) is 3.33. The number of carbonyl (C=O) groups is 1. The second-order valence-corrected chi connectivity index (χ2v) is 5.02. The highest BCUT2D eigenvalue weighted by Crippen LogP contribution is 2.22.